The van der Waals surface area contributed by atoms with Gasteiger partial charge in [-0.1, -0.05) is 19.4 Å². The molecule has 0 aliphatic rings. The number of aliphatic hydroxyl groups is 1. The molecule has 0 amide bonds. The molecule has 0 aliphatic heterocycles. The normalized spacial score (nSPS) is 14.2. The van der Waals surface area contributed by atoms with Gasteiger partial charge in [0.05, 0.1) is 5.60 Å². The zero-order valence-electron chi connectivity index (χ0n) is 12.3. The molecule has 0 spiro atoms. The molecule has 1 heterocycles. The van der Waals surface area contributed by atoms with Gasteiger partial charge in [-0.3, -0.25) is 0 Å². The Bertz CT molecular complexity index is 630. The Kier molecular flexibility index (Phi) is 4.65. The van der Waals surface area contributed by atoms with Gasteiger partial charge in [0.25, 0.3) is 0 Å². The molecule has 0 aliphatic carbocycles. The molecule has 5 nitrogen and oxygen atoms in total. The molecule has 0 saturated heterocycles. The number of carboxylic acid groups (broad SMARTS) is 1. The molecule has 3 N–H and O–H groups in total. The van der Waals surface area contributed by atoms with Crippen LogP contribution in [0.15, 0.2) is 28.7 Å². The summed E-state index contributed by atoms with van der Waals surface area (Å²) in [5, 5.41) is 23.0. The van der Waals surface area contributed by atoms with Gasteiger partial charge in [-0.15, -0.1) is 0 Å². The Morgan fingerprint density at radius 3 is 2.81 bits per heavy atom. The van der Waals surface area contributed by atoms with E-state index in [2.05, 4.69) is 5.32 Å². The van der Waals surface area contributed by atoms with Gasteiger partial charge in [0.15, 0.2) is 0 Å². The van der Waals surface area contributed by atoms with Crippen molar-refractivity contribution >= 4 is 16.9 Å². The van der Waals surface area contributed by atoms with Gasteiger partial charge in [0.2, 0.25) is 5.76 Å². The lowest BCUT2D eigenvalue weighted by Gasteiger charge is -2.23. The van der Waals surface area contributed by atoms with Crippen molar-refractivity contribution in [1.82, 2.24) is 5.32 Å². The summed E-state index contributed by atoms with van der Waals surface area (Å²) in [6.45, 7) is 5.00. The van der Waals surface area contributed by atoms with E-state index in [-0.39, 0.29) is 5.76 Å². The molecule has 1 aromatic carbocycles. The van der Waals surface area contributed by atoms with Crippen LogP contribution in [-0.4, -0.2) is 28.3 Å². The number of furan rings is 1. The van der Waals surface area contributed by atoms with E-state index in [1.165, 1.54) is 6.07 Å². The van der Waals surface area contributed by atoms with Crippen molar-refractivity contribution < 1.29 is 19.4 Å². The van der Waals surface area contributed by atoms with Crippen molar-refractivity contribution in [2.45, 2.75) is 38.8 Å². The van der Waals surface area contributed by atoms with Crippen molar-refractivity contribution in [2.75, 3.05) is 6.54 Å². The standard InChI is InChI=1S/C16H21NO4/c1-3-6-16(2,20)10-17-9-11-4-5-13-12(7-11)8-14(21-13)15(18)19/h4-5,7-8,17,20H,3,6,9-10H2,1-2H3,(H,18,19). The first-order valence-corrected chi connectivity index (χ1v) is 7.10. The molecule has 2 aromatic rings. The Labute approximate surface area is 123 Å². The molecule has 0 saturated carbocycles. The maximum absolute atomic E-state index is 10.9. The lowest BCUT2D eigenvalue weighted by molar-refractivity contribution is 0.0498. The van der Waals surface area contributed by atoms with E-state index >= 15 is 0 Å². The maximum atomic E-state index is 10.9. The van der Waals surface area contributed by atoms with Gasteiger partial charge in [-0.25, -0.2) is 4.79 Å². The molecule has 114 valence electrons. The van der Waals surface area contributed by atoms with E-state index in [1.807, 2.05) is 26.0 Å². The quantitative estimate of drug-likeness (QED) is 0.730. The Balaban J connectivity index is 2.01. The fraction of sp³-hybridized carbons (Fsp3) is 0.438. The van der Waals surface area contributed by atoms with Crippen molar-refractivity contribution in [3.05, 3.63) is 35.6 Å². The third kappa shape index (κ3) is 4.06. The first-order chi connectivity index (χ1) is 9.91. The molecule has 1 unspecified atom stereocenters. The topological polar surface area (TPSA) is 82.7 Å². The van der Waals surface area contributed by atoms with Crippen LogP contribution in [0.25, 0.3) is 11.0 Å². The van der Waals surface area contributed by atoms with Crippen LogP contribution in [-0.2, 0) is 6.54 Å². The molecule has 1 atom stereocenters. The van der Waals surface area contributed by atoms with Crippen molar-refractivity contribution in [2.24, 2.45) is 0 Å². The van der Waals surface area contributed by atoms with Crippen LogP contribution in [0.3, 0.4) is 0 Å². The molecular weight excluding hydrogens is 270 g/mol. The third-order valence-electron chi connectivity index (χ3n) is 3.42. The lowest BCUT2D eigenvalue weighted by Crippen LogP contribution is -2.37. The predicted octanol–water partition coefficient (Wildman–Crippen LogP) is 2.77. The van der Waals surface area contributed by atoms with Crippen molar-refractivity contribution in [3.8, 4) is 0 Å². The van der Waals surface area contributed by atoms with Gasteiger partial charge in [0.1, 0.15) is 5.58 Å². The van der Waals surface area contributed by atoms with Crippen LogP contribution < -0.4 is 5.32 Å². The molecule has 1 aromatic heterocycles. The molecule has 0 radical (unpaired) electrons. The first kappa shape index (κ1) is 15.5. The van der Waals surface area contributed by atoms with Crippen LogP contribution >= 0.6 is 0 Å². The monoisotopic (exact) mass is 291 g/mol. The summed E-state index contributed by atoms with van der Waals surface area (Å²) in [5.74, 6) is -1.12. The van der Waals surface area contributed by atoms with Crippen LogP contribution in [0.2, 0.25) is 0 Å². The Hall–Kier alpha value is -1.85. The summed E-state index contributed by atoms with van der Waals surface area (Å²) < 4.78 is 5.22. The number of aromatic carboxylic acids is 1. The van der Waals surface area contributed by atoms with Crippen molar-refractivity contribution in [1.29, 1.82) is 0 Å². The summed E-state index contributed by atoms with van der Waals surface area (Å²) in [5.41, 5.74) is 0.881. The van der Waals surface area contributed by atoms with Gasteiger partial charge >= 0.3 is 5.97 Å². The van der Waals surface area contributed by atoms with Crippen LogP contribution in [0, 0.1) is 0 Å². The molecule has 0 bridgehead atoms. The highest BCUT2D eigenvalue weighted by atomic mass is 16.4. The summed E-state index contributed by atoms with van der Waals surface area (Å²) in [6, 6.07) is 7.07. The van der Waals surface area contributed by atoms with Crippen LogP contribution in [0.5, 0.6) is 0 Å². The minimum Gasteiger partial charge on any atom is -0.475 e. The largest absolute Gasteiger partial charge is 0.475 e. The molecule has 2 rings (SSSR count). The van der Waals surface area contributed by atoms with E-state index in [1.54, 1.807) is 6.07 Å². The van der Waals surface area contributed by atoms with Gasteiger partial charge in [0, 0.05) is 18.5 Å². The summed E-state index contributed by atoms with van der Waals surface area (Å²) in [7, 11) is 0. The van der Waals surface area contributed by atoms with E-state index in [0.717, 1.165) is 23.8 Å². The van der Waals surface area contributed by atoms with E-state index < -0.39 is 11.6 Å². The molecular formula is C16H21NO4. The smallest absolute Gasteiger partial charge is 0.371 e. The highest BCUT2D eigenvalue weighted by Crippen LogP contribution is 2.21. The zero-order chi connectivity index (χ0) is 15.5. The van der Waals surface area contributed by atoms with E-state index in [4.69, 9.17) is 9.52 Å². The van der Waals surface area contributed by atoms with Gasteiger partial charge < -0.3 is 19.9 Å². The number of nitrogens with one attached hydrogen (secondary N) is 1. The zero-order valence-corrected chi connectivity index (χ0v) is 12.3. The van der Waals surface area contributed by atoms with Crippen LogP contribution in [0.1, 0.15) is 42.8 Å². The predicted molar refractivity (Wildman–Crippen MR) is 80.4 cm³/mol. The Morgan fingerprint density at radius 1 is 1.38 bits per heavy atom. The number of hydrogen-bond donors (Lipinski definition) is 3. The van der Waals surface area contributed by atoms with Gasteiger partial charge in [-0.2, -0.15) is 0 Å². The average Bonchev–Trinajstić information content (AvgIpc) is 2.81. The third-order valence-corrected chi connectivity index (χ3v) is 3.42. The van der Waals surface area contributed by atoms with E-state index in [0.29, 0.717) is 18.7 Å². The summed E-state index contributed by atoms with van der Waals surface area (Å²) in [6.07, 6.45) is 1.69. The highest BCUT2D eigenvalue weighted by Gasteiger charge is 2.18. The number of hydrogen-bond acceptors (Lipinski definition) is 4. The minimum atomic E-state index is -1.07. The number of carbonyl (C=O) groups is 1. The average molecular weight is 291 g/mol. The Morgan fingerprint density at radius 2 is 2.14 bits per heavy atom. The second kappa shape index (κ2) is 6.28. The summed E-state index contributed by atoms with van der Waals surface area (Å²) >= 11 is 0. The van der Waals surface area contributed by atoms with E-state index in [9.17, 15) is 9.90 Å². The minimum absolute atomic E-state index is 0.0546. The molecule has 0 fully saturated rings. The number of fused-ring (bicyclic) bond motifs is 1. The molecule has 5 heteroatoms. The second-order valence-electron chi connectivity index (χ2n) is 5.64. The fourth-order valence-corrected chi connectivity index (χ4v) is 2.41. The summed E-state index contributed by atoms with van der Waals surface area (Å²) in [4.78, 5) is 10.9. The van der Waals surface area contributed by atoms with Gasteiger partial charge in [-0.05, 0) is 37.1 Å². The molecule has 21 heavy (non-hydrogen) atoms. The SMILES string of the molecule is CCCC(C)(O)CNCc1ccc2oc(C(=O)O)cc2c1. The fourth-order valence-electron chi connectivity index (χ4n) is 2.41. The highest BCUT2D eigenvalue weighted by molar-refractivity contribution is 5.91. The number of benzene rings is 1. The number of carboxylic acids is 1. The van der Waals surface area contributed by atoms with Crippen LogP contribution in [0.4, 0.5) is 0 Å². The maximum Gasteiger partial charge on any atom is 0.371 e. The van der Waals surface area contributed by atoms with Crippen molar-refractivity contribution in [3.63, 3.8) is 0 Å². The first-order valence-electron chi connectivity index (χ1n) is 7.10. The number of rotatable bonds is 7. The second-order valence-corrected chi connectivity index (χ2v) is 5.64. The lowest BCUT2D eigenvalue weighted by atomic mass is 10.0.